The van der Waals surface area contributed by atoms with Gasteiger partial charge in [-0.15, -0.1) is 0 Å². The van der Waals surface area contributed by atoms with E-state index in [4.69, 9.17) is 0 Å². The number of nitrogens with zero attached hydrogens (tertiary/aromatic N) is 4. The average Bonchev–Trinajstić information content (AvgIpc) is 2.64. The summed E-state index contributed by atoms with van der Waals surface area (Å²) < 4.78 is 1.23. The Balaban J connectivity index is 1.89. The summed E-state index contributed by atoms with van der Waals surface area (Å²) in [4.78, 5) is 32.4. The number of hydrogen-bond donors (Lipinski definition) is 0. The van der Waals surface area contributed by atoms with Gasteiger partial charge in [-0.2, -0.15) is 5.10 Å². The lowest BCUT2D eigenvalue weighted by Gasteiger charge is -2.07. The van der Waals surface area contributed by atoms with Gasteiger partial charge in [0.1, 0.15) is 0 Å². The number of nitro groups is 2. The smallest absolute Gasteiger partial charge is 0.268 e. The highest BCUT2D eigenvalue weighted by molar-refractivity contribution is 5.60. The van der Waals surface area contributed by atoms with E-state index < -0.39 is 9.85 Å². The van der Waals surface area contributed by atoms with E-state index >= 15 is 0 Å². The zero-order valence-electron chi connectivity index (χ0n) is 13.3. The molecule has 0 aliphatic rings. The summed E-state index contributed by atoms with van der Waals surface area (Å²) in [5.74, 6) is 0. The third kappa shape index (κ3) is 3.61. The SMILES string of the molecule is O=c1ccc(-c2ccc([N+](=O)[O-])cc2)nn1Cc1ccc([N+](=O)[O-])cc1. The van der Waals surface area contributed by atoms with Gasteiger partial charge in [0.2, 0.25) is 0 Å². The number of nitro benzene ring substituents is 2. The second kappa shape index (κ2) is 6.93. The summed E-state index contributed by atoms with van der Waals surface area (Å²) in [7, 11) is 0. The fourth-order valence-electron chi connectivity index (χ4n) is 2.37. The van der Waals surface area contributed by atoms with Crippen molar-refractivity contribution in [1.29, 1.82) is 0 Å². The van der Waals surface area contributed by atoms with Crippen LogP contribution in [0, 0.1) is 20.2 Å². The topological polar surface area (TPSA) is 121 Å². The van der Waals surface area contributed by atoms with Crippen molar-refractivity contribution in [2.45, 2.75) is 6.54 Å². The number of hydrogen-bond acceptors (Lipinski definition) is 6. The summed E-state index contributed by atoms with van der Waals surface area (Å²) >= 11 is 0. The summed E-state index contributed by atoms with van der Waals surface area (Å²) in [6.07, 6.45) is 0. The number of benzene rings is 2. The standard InChI is InChI=1S/C17H12N4O5/c22-17-10-9-16(13-3-7-15(8-4-13)21(25)26)18-19(17)11-12-1-5-14(6-2-12)20(23)24/h1-10H,11H2. The fraction of sp³-hybridized carbons (Fsp3) is 0.0588. The lowest BCUT2D eigenvalue weighted by atomic mass is 10.1. The van der Waals surface area contributed by atoms with Gasteiger partial charge in [-0.1, -0.05) is 12.1 Å². The molecule has 2 aromatic carbocycles. The maximum atomic E-state index is 12.0. The highest BCUT2D eigenvalue weighted by Crippen LogP contribution is 2.20. The molecule has 9 heteroatoms. The minimum atomic E-state index is -0.497. The molecule has 3 rings (SSSR count). The van der Waals surface area contributed by atoms with Crippen molar-refractivity contribution in [3.05, 3.63) is 96.8 Å². The molecule has 0 saturated carbocycles. The van der Waals surface area contributed by atoms with Gasteiger partial charge in [-0.05, 0) is 23.8 Å². The fourth-order valence-corrected chi connectivity index (χ4v) is 2.37. The first kappa shape index (κ1) is 17.0. The van der Waals surface area contributed by atoms with Crippen LogP contribution < -0.4 is 5.56 Å². The monoisotopic (exact) mass is 352 g/mol. The first-order valence-electron chi connectivity index (χ1n) is 7.50. The molecule has 1 heterocycles. The minimum Gasteiger partial charge on any atom is -0.268 e. The molecule has 26 heavy (non-hydrogen) atoms. The van der Waals surface area contributed by atoms with E-state index in [1.54, 1.807) is 24.3 Å². The van der Waals surface area contributed by atoms with E-state index in [0.717, 1.165) is 0 Å². The molecule has 9 nitrogen and oxygen atoms in total. The number of non-ortho nitro benzene ring substituents is 2. The normalized spacial score (nSPS) is 10.5. The molecule has 0 bridgehead atoms. The maximum absolute atomic E-state index is 12.0. The Morgan fingerprint density at radius 2 is 1.35 bits per heavy atom. The predicted octanol–water partition coefficient (Wildman–Crippen LogP) is 2.78. The van der Waals surface area contributed by atoms with Crippen molar-refractivity contribution >= 4 is 11.4 Å². The quantitative estimate of drug-likeness (QED) is 0.514. The molecule has 130 valence electrons. The zero-order valence-corrected chi connectivity index (χ0v) is 13.3. The van der Waals surface area contributed by atoms with Crippen LogP contribution in [0.4, 0.5) is 11.4 Å². The van der Waals surface area contributed by atoms with Crippen molar-refractivity contribution in [3.63, 3.8) is 0 Å². The number of rotatable bonds is 5. The van der Waals surface area contributed by atoms with Gasteiger partial charge >= 0.3 is 0 Å². The van der Waals surface area contributed by atoms with E-state index in [2.05, 4.69) is 5.10 Å². The summed E-state index contributed by atoms with van der Waals surface area (Å²) in [6.45, 7) is 0.150. The van der Waals surface area contributed by atoms with Gasteiger partial charge in [0, 0.05) is 35.9 Å². The average molecular weight is 352 g/mol. The van der Waals surface area contributed by atoms with E-state index in [9.17, 15) is 25.0 Å². The Kier molecular flexibility index (Phi) is 4.52. The van der Waals surface area contributed by atoms with Gasteiger partial charge in [-0.25, -0.2) is 4.68 Å². The van der Waals surface area contributed by atoms with Gasteiger partial charge in [0.15, 0.2) is 0 Å². The predicted molar refractivity (Wildman–Crippen MR) is 92.8 cm³/mol. The molecule has 0 fully saturated rings. The highest BCUT2D eigenvalue weighted by Gasteiger charge is 2.09. The van der Waals surface area contributed by atoms with Crippen LogP contribution >= 0.6 is 0 Å². The molecule has 0 radical (unpaired) electrons. The third-order valence-electron chi connectivity index (χ3n) is 3.72. The summed E-state index contributed by atoms with van der Waals surface area (Å²) in [5, 5.41) is 25.7. The molecule has 0 amide bonds. The Morgan fingerprint density at radius 3 is 1.88 bits per heavy atom. The molecular formula is C17H12N4O5. The largest absolute Gasteiger partial charge is 0.269 e. The van der Waals surface area contributed by atoms with Crippen molar-refractivity contribution in [2.24, 2.45) is 0 Å². The number of aromatic nitrogens is 2. The molecule has 0 aliphatic carbocycles. The van der Waals surface area contributed by atoms with Crippen LogP contribution in [0.5, 0.6) is 0 Å². The first-order chi connectivity index (χ1) is 12.4. The Labute approximate surface area is 146 Å². The molecule has 0 unspecified atom stereocenters. The molecule has 0 aliphatic heterocycles. The Hall–Kier alpha value is -3.88. The van der Waals surface area contributed by atoms with Crippen molar-refractivity contribution < 1.29 is 9.85 Å². The molecule has 0 saturated heterocycles. The van der Waals surface area contributed by atoms with Crippen LogP contribution in [0.15, 0.2) is 65.5 Å². The first-order valence-corrected chi connectivity index (χ1v) is 7.50. The van der Waals surface area contributed by atoms with Crippen LogP contribution in [0.1, 0.15) is 5.56 Å². The van der Waals surface area contributed by atoms with Crippen LogP contribution in [-0.4, -0.2) is 19.6 Å². The van der Waals surface area contributed by atoms with Crippen molar-refractivity contribution in [3.8, 4) is 11.3 Å². The van der Waals surface area contributed by atoms with E-state index in [0.29, 0.717) is 16.8 Å². The van der Waals surface area contributed by atoms with Crippen molar-refractivity contribution in [1.82, 2.24) is 9.78 Å². The molecule has 0 N–H and O–H groups in total. The molecular weight excluding hydrogens is 340 g/mol. The van der Waals surface area contributed by atoms with Gasteiger partial charge in [0.25, 0.3) is 16.9 Å². The lowest BCUT2D eigenvalue weighted by Crippen LogP contribution is -2.22. The third-order valence-corrected chi connectivity index (χ3v) is 3.72. The van der Waals surface area contributed by atoms with Crippen LogP contribution in [0.3, 0.4) is 0 Å². The summed E-state index contributed by atoms with van der Waals surface area (Å²) in [6, 6.07) is 14.6. The van der Waals surface area contributed by atoms with Gasteiger partial charge in [-0.3, -0.25) is 25.0 Å². The van der Waals surface area contributed by atoms with Crippen LogP contribution in [0.2, 0.25) is 0 Å². The van der Waals surface area contributed by atoms with Crippen LogP contribution in [0.25, 0.3) is 11.3 Å². The Morgan fingerprint density at radius 1 is 0.808 bits per heavy atom. The van der Waals surface area contributed by atoms with E-state index in [1.807, 2.05) is 0 Å². The van der Waals surface area contributed by atoms with Crippen LogP contribution in [-0.2, 0) is 6.54 Å². The molecule has 0 spiro atoms. The second-order valence-electron chi connectivity index (χ2n) is 5.44. The second-order valence-corrected chi connectivity index (χ2v) is 5.44. The zero-order chi connectivity index (χ0) is 18.7. The lowest BCUT2D eigenvalue weighted by molar-refractivity contribution is -0.385. The van der Waals surface area contributed by atoms with Gasteiger partial charge < -0.3 is 0 Å². The van der Waals surface area contributed by atoms with Gasteiger partial charge in [0.05, 0.1) is 22.1 Å². The molecule has 3 aromatic rings. The van der Waals surface area contributed by atoms with E-state index in [-0.39, 0.29) is 23.5 Å². The van der Waals surface area contributed by atoms with Crippen molar-refractivity contribution in [2.75, 3.05) is 0 Å². The van der Waals surface area contributed by atoms with E-state index in [1.165, 1.54) is 41.1 Å². The maximum Gasteiger partial charge on any atom is 0.269 e. The highest BCUT2D eigenvalue weighted by atomic mass is 16.6. The Bertz CT molecular complexity index is 1030. The molecule has 0 atom stereocenters. The summed E-state index contributed by atoms with van der Waals surface area (Å²) in [5.41, 5.74) is 1.41. The molecule has 1 aromatic heterocycles. The minimum absolute atomic E-state index is 0.0336.